The van der Waals surface area contributed by atoms with Gasteiger partial charge < -0.3 is 14.3 Å². The highest BCUT2D eigenvalue weighted by molar-refractivity contribution is 6.77. The summed E-state index contributed by atoms with van der Waals surface area (Å²) in [4.78, 5) is 12.4. The number of carbonyl (C=O) groups is 1. The topological polar surface area (TPSA) is 55.8 Å². The minimum Gasteiger partial charge on any atom is -0.466 e. The van der Waals surface area contributed by atoms with Gasteiger partial charge in [-0.25, -0.2) is 0 Å². The first-order valence-electron chi connectivity index (χ1n) is 11.7. The van der Waals surface area contributed by atoms with E-state index in [1.165, 1.54) is 0 Å². The zero-order valence-corrected chi connectivity index (χ0v) is 19.8. The number of hydrogen-bond acceptors (Lipinski definition) is 4. The van der Waals surface area contributed by atoms with E-state index in [0.29, 0.717) is 52.8 Å². The Balaban J connectivity index is 1.51. The van der Waals surface area contributed by atoms with E-state index >= 15 is 0 Å². The van der Waals surface area contributed by atoms with Gasteiger partial charge in [-0.2, -0.15) is 0 Å². The first kappa shape index (κ1) is 20.9. The average Bonchev–Trinajstić information content (AvgIpc) is 3.13. The Morgan fingerprint density at radius 1 is 1.07 bits per heavy atom. The van der Waals surface area contributed by atoms with Crippen LogP contribution >= 0.6 is 0 Å². The molecule has 5 heteroatoms. The predicted octanol–water partition coefficient (Wildman–Crippen LogP) is 4.62. The Kier molecular flexibility index (Phi) is 5.08. The number of rotatable bonds is 8. The Bertz CT molecular complexity index is 610. The Hall–Kier alpha value is -0.393. The van der Waals surface area contributed by atoms with Gasteiger partial charge in [0.15, 0.2) is 8.32 Å². The Morgan fingerprint density at radius 3 is 2.21 bits per heavy atom. The molecule has 4 fully saturated rings. The Labute approximate surface area is 171 Å². The van der Waals surface area contributed by atoms with Gasteiger partial charge in [0.2, 0.25) is 0 Å². The average molecular weight is 409 g/mol. The molecule has 1 spiro atoms. The van der Waals surface area contributed by atoms with Crippen molar-refractivity contribution in [3.63, 3.8) is 0 Å². The van der Waals surface area contributed by atoms with Gasteiger partial charge in [-0.05, 0) is 66.0 Å². The van der Waals surface area contributed by atoms with Gasteiger partial charge in [0.25, 0.3) is 0 Å². The van der Waals surface area contributed by atoms with Crippen molar-refractivity contribution in [3.05, 3.63) is 0 Å². The van der Waals surface area contributed by atoms with Gasteiger partial charge in [0, 0.05) is 12.0 Å². The first-order chi connectivity index (χ1) is 13.2. The largest absolute Gasteiger partial charge is 0.466 e. The molecule has 4 nitrogen and oxygen atoms in total. The van der Waals surface area contributed by atoms with Crippen molar-refractivity contribution in [3.8, 4) is 0 Å². The lowest BCUT2D eigenvalue weighted by Crippen LogP contribution is -2.68. The van der Waals surface area contributed by atoms with Crippen LogP contribution < -0.4 is 0 Å². The fraction of sp³-hybridized carbons (Fsp3) is 0.957. The third kappa shape index (κ3) is 2.33. The molecule has 0 heterocycles. The third-order valence-electron chi connectivity index (χ3n) is 9.38. The summed E-state index contributed by atoms with van der Waals surface area (Å²) < 4.78 is 12.3. The number of carbonyl (C=O) groups excluding carboxylic acids is 1. The summed E-state index contributed by atoms with van der Waals surface area (Å²) in [6.07, 6.45) is 1.78. The predicted molar refractivity (Wildman–Crippen MR) is 112 cm³/mol. The molecule has 0 amide bonds. The van der Waals surface area contributed by atoms with Crippen molar-refractivity contribution in [2.24, 2.45) is 40.9 Å². The molecule has 0 aromatic heterocycles. The zero-order chi connectivity index (χ0) is 20.6. The highest BCUT2D eigenvalue weighted by Crippen LogP contribution is 2.89. The molecule has 4 rings (SSSR count). The molecule has 0 aromatic rings. The molecule has 0 aliphatic heterocycles. The van der Waals surface area contributed by atoms with Crippen LogP contribution in [0, 0.1) is 40.9 Å². The number of hydrogen-bond donors (Lipinski definition) is 1. The lowest BCUT2D eigenvalue weighted by atomic mass is 9.38. The summed E-state index contributed by atoms with van der Waals surface area (Å²) in [6.45, 7) is 17.2. The number of esters is 1. The van der Waals surface area contributed by atoms with Crippen molar-refractivity contribution < 1.29 is 19.1 Å². The molecule has 28 heavy (non-hydrogen) atoms. The first-order valence-corrected chi connectivity index (χ1v) is 13.8. The highest BCUT2D eigenvalue weighted by Gasteiger charge is 2.90. The van der Waals surface area contributed by atoms with Gasteiger partial charge in [0.05, 0.1) is 18.6 Å². The summed E-state index contributed by atoms with van der Waals surface area (Å²) in [6, 6.07) is 0. The van der Waals surface area contributed by atoms with Crippen LogP contribution in [0.2, 0.25) is 16.6 Å². The number of aliphatic hydroxyl groups is 1. The maximum Gasteiger partial charge on any atom is 0.309 e. The summed E-state index contributed by atoms with van der Waals surface area (Å²) in [7, 11) is -1.88. The van der Waals surface area contributed by atoms with Crippen molar-refractivity contribution in [1.29, 1.82) is 0 Å². The fourth-order valence-electron chi connectivity index (χ4n) is 8.76. The molecule has 1 unspecified atom stereocenters. The highest BCUT2D eigenvalue weighted by atomic mass is 28.4. The van der Waals surface area contributed by atoms with Crippen LogP contribution in [0.4, 0.5) is 0 Å². The van der Waals surface area contributed by atoms with Crippen molar-refractivity contribution in [2.75, 3.05) is 13.2 Å². The van der Waals surface area contributed by atoms with Gasteiger partial charge in [0.1, 0.15) is 0 Å². The van der Waals surface area contributed by atoms with Gasteiger partial charge in [-0.1, -0.05) is 41.5 Å². The molecule has 4 aliphatic rings. The zero-order valence-electron chi connectivity index (χ0n) is 18.8. The van der Waals surface area contributed by atoms with Gasteiger partial charge in [-0.3, -0.25) is 4.79 Å². The molecule has 1 N–H and O–H groups in total. The fourth-order valence-corrected chi connectivity index (χ4v) is 14.2. The second-order valence-electron chi connectivity index (χ2n) is 10.9. The van der Waals surface area contributed by atoms with E-state index in [2.05, 4.69) is 41.5 Å². The second kappa shape index (κ2) is 6.81. The molecular weight excluding hydrogens is 368 g/mol. The van der Waals surface area contributed by atoms with E-state index in [9.17, 15) is 9.90 Å². The number of fused-ring (bicyclic) bond motifs is 2. The molecule has 8 atom stereocenters. The van der Waals surface area contributed by atoms with E-state index < -0.39 is 8.32 Å². The van der Waals surface area contributed by atoms with E-state index in [0.717, 1.165) is 19.4 Å². The molecule has 4 saturated carbocycles. The van der Waals surface area contributed by atoms with Gasteiger partial charge >= 0.3 is 5.97 Å². The maximum atomic E-state index is 12.4. The third-order valence-corrected chi connectivity index (χ3v) is 15.5. The van der Waals surface area contributed by atoms with Crippen molar-refractivity contribution in [1.82, 2.24) is 0 Å². The summed E-state index contributed by atoms with van der Waals surface area (Å²) in [5.41, 5.74) is 1.80. The second-order valence-corrected chi connectivity index (χ2v) is 16.4. The molecule has 4 aliphatic carbocycles. The van der Waals surface area contributed by atoms with E-state index in [1.54, 1.807) is 0 Å². The van der Waals surface area contributed by atoms with Crippen LogP contribution in [-0.2, 0) is 14.0 Å². The summed E-state index contributed by atoms with van der Waals surface area (Å²) in [5, 5.41) is 10.9. The van der Waals surface area contributed by atoms with Crippen LogP contribution in [0.15, 0.2) is 0 Å². The molecule has 0 saturated heterocycles. The molecule has 0 bridgehead atoms. The Morgan fingerprint density at radius 2 is 1.68 bits per heavy atom. The number of ether oxygens (including phenoxy) is 1. The monoisotopic (exact) mass is 408 g/mol. The van der Waals surface area contributed by atoms with Crippen LogP contribution in [0.3, 0.4) is 0 Å². The van der Waals surface area contributed by atoms with Crippen LogP contribution in [0.5, 0.6) is 0 Å². The van der Waals surface area contributed by atoms with Crippen LogP contribution in [0.1, 0.15) is 61.3 Å². The smallest absolute Gasteiger partial charge is 0.309 e. The van der Waals surface area contributed by atoms with E-state index in [1.807, 2.05) is 6.92 Å². The SMILES string of the molecule is CCOC(=O)[C@H]1[C@@H]2[C@H]3[C@@H](CO[Si](C(C)C)(C(C)C)C(C)C)[C@@H]4CC[C@@H](O)C34[C@H]12. The normalized spacial score (nSPS) is 43.3. The molecular formula is C23H40O4Si. The minimum absolute atomic E-state index is 0.0194. The van der Waals surface area contributed by atoms with Crippen molar-refractivity contribution in [2.45, 2.75) is 84.0 Å². The van der Waals surface area contributed by atoms with Crippen LogP contribution in [-0.4, -0.2) is 38.7 Å². The molecule has 160 valence electrons. The maximum absolute atomic E-state index is 12.4. The van der Waals surface area contributed by atoms with Gasteiger partial charge in [-0.15, -0.1) is 0 Å². The standard InChI is InChI=1S/C23H40O4Si/c1-8-26-22(25)19-18-20-15(16-9-10-17(24)23(16,20)21(18)19)11-27-28(12(2)3,13(4)5)14(6)7/h12-21,24H,8-11H2,1-7H3/t15-,16-,17+,18+,19-,20+,21-,23?/m0/s1. The minimum atomic E-state index is -1.88. The van der Waals surface area contributed by atoms with E-state index in [-0.39, 0.29) is 23.4 Å². The van der Waals surface area contributed by atoms with E-state index in [4.69, 9.17) is 9.16 Å². The number of aliphatic hydroxyl groups excluding tert-OH is 1. The molecule has 0 radical (unpaired) electrons. The lowest BCUT2D eigenvalue weighted by Gasteiger charge is -2.67. The molecule has 0 aromatic carbocycles. The van der Waals surface area contributed by atoms with Crippen LogP contribution in [0.25, 0.3) is 0 Å². The lowest BCUT2D eigenvalue weighted by molar-refractivity contribution is -0.241. The van der Waals surface area contributed by atoms with Crippen molar-refractivity contribution >= 4 is 14.3 Å². The summed E-state index contributed by atoms with van der Waals surface area (Å²) >= 11 is 0. The quantitative estimate of drug-likeness (QED) is 0.470. The summed E-state index contributed by atoms with van der Waals surface area (Å²) in [5.74, 6) is 2.42.